The van der Waals surface area contributed by atoms with Gasteiger partial charge in [-0.15, -0.1) is 0 Å². The summed E-state index contributed by atoms with van der Waals surface area (Å²) in [5.41, 5.74) is 0. The first-order valence-corrected chi connectivity index (χ1v) is 5.79. The van der Waals surface area contributed by atoms with Gasteiger partial charge in [0.15, 0.2) is 0 Å². The number of rotatable bonds is 6. The van der Waals surface area contributed by atoms with E-state index in [2.05, 4.69) is 5.32 Å². The molecule has 0 fully saturated rings. The van der Waals surface area contributed by atoms with E-state index in [1.807, 2.05) is 0 Å². The number of aliphatic hydroxyl groups is 1. The smallest absolute Gasteiger partial charge is 0.348 e. The van der Waals surface area contributed by atoms with Crippen molar-refractivity contribution < 1.29 is 29.4 Å². The molecule has 0 saturated heterocycles. The van der Waals surface area contributed by atoms with Crippen molar-refractivity contribution in [3.8, 4) is 0 Å². The molecular weight excluding hydrogens is 225 g/mol. The van der Waals surface area contributed by atoms with Gasteiger partial charge in [0.25, 0.3) is 0 Å². The number of hydrogen-bond acceptors (Lipinski definition) is 4. The van der Waals surface area contributed by atoms with Gasteiger partial charge in [-0.2, -0.15) is 0 Å². The minimum atomic E-state index is -4.20. The molecule has 2 atom stereocenters. The maximum atomic E-state index is 10.5. The van der Waals surface area contributed by atoms with Crippen LogP contribution >= 0.6 is 7.60 Å². The molecule has 0 radical (unpaired) electrons. The second-order valence-corrected chi connectivity index (χ2v) is 4.41. The van der Waals surface area contributed by atoms with Crippen molar-refractivity contribution in [3.05, 3.63) is 11.9 Å². The maximum Gasteiger partial charge on any atom is 0.348 e. The highest BCUT2D eigenvalue weighted by Crippen LogP contribution is 2.35. The van der Waals surface area contributed by atoms with E-state index in [-0.39, 0.29) is 6.54 Å². The average Bonchev–Trinajstić information content (AvgIpc) is 2.00. The van der Waals surface area contributed by atoms with E-state index in [1.165, 1.54) is 6.92 Å². The second-order valence-electron chi connectivity index (χ2n) is 2.94. The van der Waals surface area contributed by atoms with Crippen LogP contribution in [-0.4, -0.2) is 44.7 Å². The summed E-state index contributed by atoms with van der Waals surface area (Å²) >= 11 is 0. The molecule has 0 heterocycles. The third kappa shape index (κ3) is 7.24. The molecule has 8 heteroatoms. The van der Waals surface area contributed by atoms with E-state index in [0.29, 0.717) is 5.82 Å². The topological polar surface area (TPSA) is 127 Å². The van der Waals surface area contributed by atoms with Crippen molar-refractivity contribution in [2.45, 2.75) is 19.1 Å². The fourth-order valence-electron chi connectivity index (χ4n) is 0.849. The number of aliphatic hydroxyl groups excluding tert-OH is 1. The van der Waals surface area contributed by atoms with E-state index in [0.717, 1.165) is 6.08 Å². The fraction of sp³-hybridized carbons (Fsp3) is 0.571. The predicted octanol–water partition coefficient (Wildman–Crippen LogP) is -0.899. The molecule has 5 N–H and O–H groups in total. The van der Waals surface area contributed by atoms with Crippen molar-refractivity contribution in [1.82, 2.24) is 5.32 Å². The molecule has 0 aliphatic heterocycles. The molecule has 0 saturated carbocycles. The molecular formula is C7H14NO6P. The van der Waals surface area contributed by atoms with Gasteiger partial charge in [-0.3, -0.25) is 14.7 Å². The third-order valence-electron chi connectivity index (χ3n) is 1.50. The zero-order chi connectivity index (χ0) is 12.1. The van der Waals surface area contributed by atoms with Crippen LogP contribution in [0.25, 0.3) is 0 Å². The van der Waals surface area contributed by atoms with Crippen LogP contribution in [0.3, 0.4) is 0 Å². The highest BCUT2D eigenvalue weighted by Gasteiger charge is 2.21. The first-order valence-electron chi connectivity index (χ1n) is 4.11. The van der Waals surface area contributed by atoms with Crippen LogP contribution in [0.1, 0.15) is 6.92 Å². The first kappa shape index (κ1) is 14.3. The van der Waals surface area contributed by atoms with Crippen LogP contribution in [0.2, 0.25) is 0 Å². The Balaban J connectivity index is 4.08. The quantitative estimate of drug-likeness (QED) is 0.380. The third-order valence-corrected chi connectivity index (χ3v) is 2.10. The highest BCUT2D eigenvalue weighted by molar-refractivity contribution is 7.55. The molecule has 0 unspecified atom stereocenters. The molecule has 15 heavy (non-hydrogen) atoms. The summed E-state index contributed by atoms with van der Waals surface area (Å²) in [4.78, 5) is 27.4. The summed E-state index contributed by atoms with van der Waals surface area (Å²) in [5, 5.41) is 20.0. The lowest BCUT2D eigenvalue weighted by Crippen LogP contribution is -2.44. The Hall–Kier alpha value is -0.720. The van der Waals surface area contributed by atoms with Gasteiger partial charge in [-0.1, -0.05) is 6.08 Å². The van der Waals surface area contributed by atoms with Crippen molar-refractivity contribution in [1.29, 1.82) is 0 Å². The van der Waals surface area contributed by atoms with Gasteiger partial charge in [0.05, 0.1) is 6.10 Å². The zero-order valence-electron chi connectivity index (χ0n) is 8.07. The van der Waals surface area contributed by atoms with Crippen molar-refractivity contribution in [3.63, 3.8) is 0 Å². The van der Waals surface area contributed by atoms with Gasteiger partial charge in [0, 0.05) is 12.4 Å². The average molecular weight is 239 g/mol. The molecule has 0 bridgehead atoms. The van der Waals surface area contributed by atoms with E-state index in [1.54, 1.807) is 0 Å². The Morgan fingerprint density at radius 1 is 1.53 bits per heavy atom. The summed E-state index contributed by atoms with van der Waals surface area (Å²) in [6.07, 6.45) is 0.0185. The lowest BCUT2D eigenvalue weighted by atomic mass is 10.2. The molecule has 0 aromatic heterocycles. The molecule has 0 spiro atoms. The van der Waals surface area contributed by atoms with Gasteiger partial charge in [-0.25, -0.2) is 0 Å². The molecule has 0 aliphatic carbocycles. The summed E-state index contributed by atoms with van der Waals surface area (Å²) in [6, 6.07) is -1.16. The number of carboxylic acid groups (broad SMARTS) is 1. The van der Waals surface area contributed by atoms with E-state index >= 15 is 0 Å². The minimum Gasteiger partial charge on any atom is -0.480 e. The monoisotopic (exact) mass is 239 g/mol. The van der Waals surface area contributed by atoms with E-state index in [9.17, 15) is 9.36 Å². The number of carboxylic acids is 1. The van der Waals surface area contributed by atoms with Crippen molar-refractivity contribution in [2.75, 3.05) is 6.54 Å². The van der Waals surface area contributed by atoms with Gasteiger partial charge < -0.3 is 20.0 Å². The van der Waals surface area contributed by atoms with E-state index in [4.69, 9.17) is 20.0 Å². The van der Waals surface area contributed by atoms with Crippen LogP contribution in [0, 0.1) is 0 Å². The highest BCUT2D eigenvalue weighted by atomic mass is 31.2. The summed E-state index contributed by atoms with van der Waals surface area (Å²) < 4.78 is 10.4. The Morgan fingerprint density at radius 3 is 2.40 bits per heavy atom. The number of aliphatic carboxylic acids is 1. The SMILES string of the molecule is C[C@@H](O)[C@H](NCC=CP(=O)(O)O)C(=O)O. The normalized spacial score (nSPS) is 16.5. The van der Waals surface area contributed by atoms with E-state index < -0.39 is 25.7 Å². The molecule has 88 valence electrons. The number of hydrogen-bond donors (Lipinski definition) is 5. The standard InChI is InChI=1S/C7H14NO6P/c1-5(9)6(7(10)11)8-3-2-4-15(12,13)14/h2,4-6,8-9H,3H2,1H3,(H,10,11)(H2,12,13,14)/t5-,6+/m1/s1. The Kier molecular flexibility index (Phi) is 5.71. The van der Waals surface area contributed by atoms with Gasteiger partial charge in [0.2, 0.25) is 0 Å². The molecule has 0 aromatic rings. The second kappa shape index (κ2) is 5.99. The molecule has 0 aromatic carbocycles. The number of carbonyl (C=O) groups is 1. The van der Waals surface area contributed by atoms with Crippen LogP contribution < -0.4 is 5.32 Å². The molecule has 0 amide bonds. The lowest BCUT2D eigenvalue weighted by Gasteiger charge is -2.15. The van der Waals surface area contributed by atoms with Crippen molar-refractivity contribution in [2.24, 2.45) is 0 Å². The van der Waals surface area contributed by atoms with Gasteiger partial charge >= 0.3 is 13.6 Å². The first-order chi connectivity index (χ1) is 6.74. The summed E-state index contributed by atoms with van der Waals surface area (Å²) in [5.74, 6) is -0.560. The van der Waals surface area contributed by atoms with Crippen LogP contribution in [-0.2, 0) is 9.36 Å². The Labute approximate surface area is 86.6 Å². The van der Waals surface area contributed by atoms with Gasteiger partial charge in [0.1, 0.15) is 6.04 Å². The van der Waals surface area contributed by atoms with Crippen LogP contribution in [0.4, 0.5) is 0 Å². The summed E-state index contributed by atoms with van der Waals surface area (Å²) in [6.45, 7) is 1.26. The lowest BCUT2D eigenvalue weighted by molar-refractivity contribution is -0.142. The minimum absolute atomic E-state index is 0.0486. The molecule has 0 rings (SSSR count). The maximum absolute atomic E-state index is 10.5. The molecule has 0 aliphatic rings. The van der Waals surface area contributed by atoms with Crippen molar-refractivity contribution >= 4 is 13.6 Å². The van der Waals surface area contributed by atoms with Crippen LogP contribution in [0.5, 0.6) is 0 Å². The largest absolute Gasteiger partial charge is 0.480 e. The predicted molar refractivity (Wildman–Crippen MR) is 52.3 cm³/mol. The summed E-state index contributed by atoms with van der Waals surface area (Å²) in [7, 11) is -4.20. The van der Waals surface area contributed by atoms with Gasteiger partial charge in [-0.05, 0) is 6.92 Å². The fourth-order valence-corrected chi connectivity index (χ4v) is 1.23. The Morgan fingerprint density at radius 2 is 2.07 bits per heavy atom. The van der Waals surface area contributed by atoms with Crippen LogP contribution in [0.15, 0.2) is 11.9 Å². The zero-order valence-corrected chi connectivity index (χ0v) is 8.96. The Bertz CT molecular complexity index is 283. The molecule has 7 nitrogen and oxygen atoms in total. The number of nitrogens with one attached hydrogen (secondary N) is 1.